The van der Waals surface area contributed by atoms with Gasteiger partial charge >= 0.3 is 11.7 Å². The van der Waals surface area contributed by atoms with Crippen LogP contribution in [0.4, 0.5) is 0 Å². The van der Waals surface area contributed by atoms with Gasteiger partial charge in [0.05, 0.1) is 29.2 Å². The molecule has 2 aromatic rings. The fraction of sp³-hybridized carbons (Fsp3) is 0.385. The normalized spacial score (nSPS) is 19.1. The van der Waals surface area contributed by atoms with Crippen molar-refractivity contribution in [3.63, 3.8) is 0 Å². The van der Waals surface area contributed by atoms with Crippen molar-refractivity contribution < 1.29 is 14.6 Å². The molecular formula is C13H14N2O4. The molecule has 1 aliphatic heterocycles. The van der Waals surface area contributed by atoms with Crippen LogP contribution in [0.2, 0.25) is 0 Å². The van der Waals surface area contributed by atoms with E-state index in [9.17, 15) is 9.59 Å². The first-order valence-electron chi connectivity index (χ1n) is 6.22. The number of nitrogens with one attached hydrogen (secondary N) is 1. The van der Waals surface area contributed by atoms with E-state index in [-0.39, 0.29) is 17.4 Å². The molecule has 2 N–H and O–H groups in total. The molecular weight excluding hydrogens is 248 g/mol. The molecule has 0 amide bonds. The van der Waals surface area contributed by atoms with Crippen LogP contribution in [0.15, 0.2) is 23.0 Å². The molecule has 3 rings (SSSR count). The Hall–Kier alpha value is -2.08. The average Bonchev–Trinajstić information content (AvgIpc) is 2.98. The van der Waals surface area contributed by atoms with Gasteiger partial charge in [0, 0.05) is 6.61 Å². The van der Waals surface area contributed by atoms with Gasteiger partial charge in [-0.3, -0.25) is 4.57 Å². The van der Waals surface area contributed by atoms with E-state index in [1.54, 1.807) is 10.6 Å². The van der Waals surface area contributed by atoms with Crippen molar-refractivity contribution in [1.82, 2.24) is 9.55 Å². The molecule has 100 valence electrons. The lowest BCUT2D eigenvalue weighted by Crippen LogP contribution is -2.24. The summed E-state index contributed by atoms with van der Waals surface area (Å²) < 4.78 is 7.07. The maximum atomic E-state index is 11.9. The number of benzene rings is 1. The van der Waals surface area contributed by atoms with Gasteiger partial charge in [0.1, 0.15) is 0 Å². The van der Waals surface area contributed by atoms with Gasteiger partial charge in [0.2, 0.25) is 0 Å². The van der Waals surface area contributed by atoms with Gasteiger partial charge in [0.25, 0.3) is 0 Å². The molecule has 1 aliphatic rings. The Labute approximate surface area is 108 Å². The number of aromatic nitrogens is 2. The maximum absolute atomic E-state index is 11.9. The standard InChI is InChI=1S/C13H14N2O4/c16-12(17)8-3-4-10-11(6-8)15(13(18)14-10)7-9-2-1-5-19-9/h3-4,6,9H,1-2,5,7H2,(H,14,18)(H,16,17). The van der Waals surface area contributed by atoms with E-state index >= 15 is 0 Å². The third kappa shape index (κ3) is 2.15. The third-order valence-corrected chi connectivity index (χ3v) is 3.43. The zero-order valence-corrected chi connectivity index (χ0v) is 10.3. The van der Waals surface area contributed by atoms with Crippen LogP contribution >= 0.6 is 0 Å². The predicted octanol–water partition coefficient (Wildman–Crippen LogP) is 1.21. The summed E-state index contributed by atoms with van der Waals surface area (Å²) in [5, 5.41) is 9.00. The molecule has 2 heterocycles. The summed E-state index contributed by atoms with van der Waals surface area (Å²) in [4.78, 5) is 25.6. The van der Waals surface area contributed by atoms with Gasteiger partial charge < -0.3 is 14.8 Å². The number of hydrogen-bond acceptors (Lipinski definition) is 3. The van der Waals surface area contributed by atoms with Gasteiger partial charge in [-0.15, -0.1) is 0 Å². The van der Waals surface area contributed by atoms with Crippen molar-refractivity contribution in [2.45, 2.75) is 25.5 Å². The van der Waals surface area contributed by atoms with Gasteiger partial charge in [-0.25, -0.2) is 9.59 Å². The molecule has 0 radical (unpaired) electrons. The second-order valence-electron chi connectivity index (χ2n) is 4.71. The van der Waals surface area contributed by atoms with Crippen LogP contribution in [0.3, 0.4) is 0 Å². The number of carboxylic acid groups (broad SMARTS) is 1. The molecule has 1 fully saturated rings. The first kappa shape index (κ1) is 12.0. The van der Waals surface area contributed by atoms with Crippen molar-refractivity contribution in [1.29, 1.82) is 0 Å². The maximum Gasteiger partial charge on any atom is 0.335 e. The number of imidazole rings is 1. The number of carbonyl (C=O) groups is 1. The van der Waals surface area contributed by atoms with Crippen LogP contribution in [0.1, 0.15) is 23.2 Å². The fourth-order valence-electron chi connectivity index (χ4n) is 2.46. The highest BCUT2D eigenvalue weighted by molar-refractivity contribution is 5.92. The molecule has 1 aromatic carbocycles. The number of hydrogen-bond donors (Lipinski definition) is 2. The van der Waals surface area contributed by atoms with E-state index in [4.69, 9.17) is 9.84 Å². The number of nitrogens with zero attached hydrogens (tertiary/aromatic N) is 1. The van der Waals surface area contributed by atoms with Crippen molar-refractivity contribution in [2.24, 2.45) is 0 Å². The summed E-state index contributed by atoms with van der Waals surface area (Å²) in [6.07, 6.45) is 1.96. The number of carboxylic acids is 1. The van der Waals surface area contributed by atoms with Crippen LogP contribution in [0.25, 0.3) is 11.0 Å². The first-order valence-corrected chi connectivity index (χ1v) is 6.22. The summed E-state index contributed by atoms with van der Waals surface area (Å²) in [6, 6.07) is 4.62. The van der Waals surface area contributed by atoms with Gasteiger partial charge in [-0.05, 0) is 31.0 Å². The summed E-state index contributed by atoms with van der Waals surface area (Å²) in [5.74, 6) is -1.00. The van der Waals surface area contributed by atoms with E-state index < -0.39 is 5.97 Å². The topological polar surface area (TPSA) is 84.3 Å². The van der Waals surface area contributed by atoms with E-state index in [0.29, 0.717) is 17.6 Å². The predicted molar refractivity (Wildman–Crippen MR) is 68.5 cm³/mol. The third-order valence-electron chi connectivity index (χ3n) is 3.43. The molecule has 1 aromatic heterocycles. The lowest BCUT2D eigenvalue weighted by atomic mass is 10.2. The first-order chi connectivity index (χ1) is 9.15. The average molecular weight is 262 g/mol. The number of fused-ring (bicyclic) bond motifs is 1. The van der Waals surface area contributed by atoms with E-state index in [2.05, 4.69) is 4.98 Å². The van der Waals surface area contributed by atoms with Crippen molar-refractivity contribution in [3.8, 4) is 0 Å². The minimum Gasteiger partial charge on any atom is -0.478 e. The molecule has 0 saturated carbocycles. The lowest BCUT2D eigenvalue weighted by Gasteiger charge is -2.10. The summed E-state index contributed by atoms with van der Waals surface area (Å²) >= 11 is 0. The van der Waals surface area contributed by atoms with Crippen LogP contribution in [0.5, 0.6) is 0 Å². The van der Waals surface area contributed by atoms with Gasteiger partial charge in [-0.2, -0.15) is 0 Å². The molecule has 6 heteroatoms. The van der Waals surface area contributed by atoms with E-state index in [0.717, 1.165) is 19.4 Å². The fourth-order valence-corrected chi connectivity index (χ4v) is 2.46. The Kier molecular flexibility index (Phi) is 2.87. The Morgan fingerprint density at radius 2 is 2.37 bits per heavy atom. The summed E-state index contributed by atoms with van der Waals surface area (Å²) in [5.41, 5.74) is 1.20. The minimum absolute atomic E-state index is 0.0326. The Morgan fingerprint density at radius 3 is 3.05 bits per heavy atom. The monoisotopic (exact) mass is 262 g/mol. The quantitative estimate of drug-likeness (QED) is 0.870. The van der Waals surface area contributed by atoms with Gasteiger partial charge in [-0.1, -0.05) is 0 Å². The Morgan fingerprint density at radius 1 is 1.53 bits per heavy atom. The highest BCUT2D eigenvalue weighted by Gasteiger charge is 2.19. The second-order valence-corrected chi connectivity index (χ2v) is 4.71. The zero-order valence-electron chi connectivity index (χ0n) is 10.3. The van der Waals surface area contributed by atoms with Crippen LogP contribution in [0, 0.1) is 0 Å². The largest absolute Gasteiger partial charge is 0.478 e. The van der Waals surface area contributed by atoms with E-state index in [1.807, 2.05) is 0 Å². The molecule has 1 unspecified atom stereocenters. The lowest BCUT2D eigenvalue weighted by molar-refractivity contribution is 0.0697. The smallest absolute Gasteiger partial charge is 0.335 e. The Bertz CT molecular complexity index is 679. The zero-order chi connectivity index (χ0) is 13.4. The summed E-state index contributed by atoms with van der Waals surface area (Å²) in [6.45, 7) is 1.18. The number of aromatic amines is 1. The van der Waals surface area contributed by atoms with E-state index in [1.165, 1.54) is 12.1 Å². The number of rotatable bonds is 3. The highest BCUT2D eigenvalue weighted by Crippen LogP contribution is 2.17. The SMILES string of the molecule is O=C(O)c1ccc2[nH]c(=O)n(CC3CCCO3)c2c1. The highest BCUT2D eigenvalue weighted by atomic mass is 16.5. The molecule has 1 atom stereocenters. The minimum atomic E-state index is -1.00. The molecule has 1 saturated heterocycles. The van der Waals surface area contributed by atoms with Crippen LogP contribution < -0.4 is 5.69 Å². The van der Waals surface area contributed by atoms with Crippen molar-refractivity contribution in [3.05, 3.63) is 34.2 Å². The second kappa shape index (κ2) is 4.55. The van der Waals surface area contributed by atoms with Gasteiger partial charge in [0.15, 0.2) is 0 Å². The number of H-pyrrole nitrogens is 1. The van der Waals surface area contributed by atoms with Crippen LogP contribution in [-0.4, -0.2) is 33.3 Å². The molecule has 6 nitrogen and oxygen atoms in total. The molecule has 19 heavy (non-hydrogen) atoms. The van der Waals surface area contributed by atoms with Crippen LogP contribution in [-0.2, 0) is 11.3 Å². The molecule has 0 spiro atoms. The summed E-state index contributed by atoms with van der Waals surface area (Å²) in [7, 11) is 0. The number of aromatic carboxylic acids is 1. The van der Waals surface area contributed by atoms with Crippen molar-refractivity contribution in [2.75, 3.05) is 6.61 Å². The molecule has 0 bridgehead atoms. The number of ether oxygens (including phenoxy) is 1. The van der Waals surface area contributed by atoms with Crippen molar-refractivity contribution >= 4 is 17.0 Å². The Balaban J connectivity index is 2.05. The molecule has 0 aliphatic carbocycles.